The first-order chi connectivity index (χ1) is 15.2. The number of benzene rings is 2. The van der Waals surface area contributed by atoms with Crippen molar-refractivity contribution in [1.82, 2.24) is 19.7 Å². The molecule has 162 valence electrons. The fourth-order valence-electron chi connectivity index (χ4n) is 3.99. The summed E-state index contributed by atoms with van der Waals surface area (Å²) in [7, 11) is 1.40. The first-order valence-corrected chi connectivity index (χ1v) is 11.7. The third-order valence-electron chi connectivity index (χ3n) is 5.70. The molecule has 1 saturated heterocycles. The van der Waals surface area contributed by atoms with Gasteiger partial charge in [0, 0.05) is 11.4 Å². The molecule has 31 heavy (non-hydrogen) atoms. The molecule has 0 N–H and O–H groups in total. The molecule has 1 aromatic heterocycles. The molecule has 1 unspecified atom stereocenters. The Hall–Kier alpha value is -2.64. The standard InChI is InChI=1S/C24H28N4O2S/c1-18(27-14-7-4-8-15-27)22-25-26-24(28(22)21-12-5-3-6-13-21)31-17-19-10-9-11-20(16-19)23(29)30-2/h3,5-6,9-13,16,18H,4,7-8,14-15,17H2,1-2H3. The Kier molecular flexibility index (Phi) is 7.04. The van der Waals surface area contributed by atoms with Gasteiger partial charge in [-0.05, 0) is 62.7 Å². The highest BCUT2D eigenvalue weighted by atomic mass is 32.2. The molecule has 3 aromatic rings. The van der Waals surface area contributed by atoms with Gasteiger partial charge in [0.1, 0.15) is 0 Å². The molecule has 7 heteroatoms. The highest BCUT2D eigenvalue weighted by Gasteiger charge is 2.25. The van der Waals surface area contributed by atoms with Crippen LogP contribution in [-0.2, 0) is 10.5 Å². The summed E-state index contributed by atoms with van der Waals surface area (Å²) < 4.78 is 7.02. The third kappa shape index (κ3) is 4.99. The molecule has 4 rings (SSSR count). The largest absolute Gasteiger partial charge is 0.465 e. The summed E-state index contributed by atoms with van der Waals surface area (Å²) in [5.41, 5.74) is 2.67. The SMILES string of the molecule is COC(=O)c1cccc(CSc2nnc(C(C)N3CCCCC3)n2-c2ccccc2)c1. The Bertz CT molecular complexity index is 1020. The van der Waals surface area contributed by atoms with Crippen LogP contribution in [0.4, 0.5) is 0 Å². The Morgan fingerprint density at radius 2 is 1.84 bits per heavy atom. The van der Waals surface area contributed by atoms with Gasteiger partial charge in [0.15, 0.2) is 11.0 Å². The van der Waals surface area contributed by atoms with Crippen molar-refractivity contribution in [2.75, 3.05) is 20.2 Å². The van der Waals surface area contributed by atoms with Crippen molar-refractivity contribution in [2.24, 2.45) is 0 Å². The maximum Gasteiger partial charge on any atom is 0.337 e. The molecule has 0 saturated carbocycles. The number of piperidine rings is 1. The van der Waals surface area contributed by atoms with E-state index in [-0.39, 0.29) is 12.0 Å². The number of thioether (sulfide) groups is 1. The number of methoxy groups -OCH3 is 1. The minimum atomic E-state index is -0.322. The second-order valence-corrected chi connectivity index (χ2v) is 8.71. The Labute approximate surface area is 187 Å². The second-order valence-electron chi connectivity index (χ2n) is 7.76. The summed E-state index contributed by atoms with van der Waals surface area (Å²) in [5.74, 6) is 1.34. The topological polar surface area (TPSA) is 60.2 Å². The van der Waals surface area contributed by atoms with Crippen LogP contribution in [0.25, 0.3) is 5.69 Å². The first kappa shape index (κ1) is 21.6. The molecule has 0 amide bonds. The fourth-order valence-corrected chi connectivity index (χ4v) is 4.89. The average molecular weight is 437 g/mol. The van der Waals surface area contributed by atoms with E-state index in [4.69, 9.17) is 4.74 Å². The van der Waals surface area contributed by atoms with Crippen LogP contribution in [0.1, 0.15) is 54.0 Å². The molecular formula is C24H28N4O2S. The predicted molar refractivity (Wildman–Crippen MR) is 123 cm³/mol. The Morgan fingerprint density at radius 1 is 1.06 bits per heavy atom. The van der Waals surface area contributed by atoms with Crippen LogP contribution in [0.2, 0.25) is 0 Å². The number of ether oxygens (including phenoxy) is 1. The Morgan fingerprint density at radius 3 is 2.58 bits per heavy atom. The van der Waals surface area contributed by atoms with Crippen LogP contribution in [-0.4, -0.2) is 45.8 Å². The smallest absolute Gasteiger partial charge is 0.337 e. The van der Waals surface area contributed by atoms with E-state index in [1.807, 2.05) is 36.4 Å². The lowest BCUT2D eigenvalue weighted by Crippen LogP contribution is -2.33. The Balaban J connectivity index is 1.60. The van der Waals surface area contributed by atoms with Crippen LogP contribution in [0.15, 0.2) is 59.8 Å². The highest BCUT2D eigenvalue weighted by Crippen LogP contribution is 2.30. The van der Waals surface area contributed by atoms with E-state index in [0.717, 1.165) is 35.3 Å². The van der Waals surface area contributed by atoms with E-state index in [2.05, 4.69) is 38.7 Å². The van der Waals surface area contributed by atoms with Crippen molar-refractivity contribution in [1.29, 1.82) is 0 Å². The van der Waals surface area contributed by atoms with Gasteiger partial charge in [-0.1, -0.05) is 48.5 Å². The maximum atomic E-state index is 11.8. The summed E-state index contributed by atoms with van der Waals surface area (Å²) in [6, 6.07) is 18.0. The molecule has 2 aromatic carbocycles. The molecule has 0 radical (unpaired) electrons. The van der Waals surface area contributed by atoms with Crippen molar-refractivity contribution < 1.29 is 9.53 Å². The van der Waals surface area contributed by atoms with Crippen LogP contribution in [0.3, 0.4) is 0 Å². The van der Waals surface area contributed by atoms with E-state index in [9.17, 15) is 4.79 Å². The van der Waals surface area contributed by atoms with Gasteiger partial charge in [-0.3, -0.25) is 9.47 Å². The molecule has 1 aliphatic rings. The lowest BCUT2D eigenvalue weighted by atomic mass is 10.1. The number of carbonyl (C=O) groups is 1. The molecule has 0 spiro atoms. The monoisotopic (exact) mass is 436 g/mol. The van der Waals surface area contributed by atoms with Crippen molar-refractivity contribution in [3.63, 3.8) is 0 Å². The van der Waals surface area contributed by atoms with Crippen molar-refractivity contribution in [2.45, 2.75) is 43.1 Å². The highest BCUT2D eigenvalue weighted by molar-refractivity contribution is 7.98. The van der Waals surface area contributed by atoms with Crippen LogP contribution in [0.5, 0.6) is 0 Å². The predicted octanol–water partition coefficient (Wildman–Crippen LogP) is 4.89. The van der Waals surface area contributed by atoms with E-state index in [1.54, 1.807) is 17.8 Å². The lowest BCUT2D eigenvalue weighted by Gasteiger charge is -2.31. The molecule has 0 aliphatic carbocycles. The summed E-state index contributed by atoms with van der Waals surface area (Å²) in [6.07, 6.45) is 3.78. The minimum absolute atomic E-state index is 0.199. The van der Waals surface area contributed by atoms with Gasteiger partial charge < -0.3 is 4.74 Å². The van der Waals surface area contributed by atoms with Crippen molar-refractivity contribution >= 4 is 17.7 Å². The summed E-state index contributed by atoms with van der Waals surface area (Å²) in [5, 5.41) is 10.0. The van der Waals surface area contributed by atoms with Crippen LogP contribution >= 0.6 is 11.8 Å². The van der Waals surface area contributed by atoms with E-state index < -0.39 is 0 Å². The van der Waals surface area contributed by atoms with Crippen LogP contribution < -0.4 is 0 Å². The third-order valence-corrected chi connectivity index (χ3v) is 6.70. The number of aromatic nitrogens is 3. The molecular weight excluding hydrogens is 408 g/mol. The normalized spacial score (nSPS) is 15.5. The van der Waals surface area contributed by atoms with Gasteiger partial charge in [0.25, 0.3) is 0 Å². The molecule has 6 nitrogen and oxygen atoms in total. The first-order valence-electron chi connectivity index (χ1n) is 10.7. The quantitative estimate of drug-likeness (QED) is 0.388. The molecule has 1 aliphatic heterocycles. The van der Waals surface area contributed by atoms with Gasteiger partial charge in [-0.2, -0.15) is 0 Å². The number of para-hydroxylation sites is 1. The van der Waals surface area contributed by atoms with Gasteiger partial charge in [-0.15, -0.1) is 10.2 Å². The lowest BCUT2D eigenvalue weighted by molar-refractivity contribution is 0.0600. The van der Waals surface area contributed by atoms with E-state index in [1.165, 1.54) is 26.4 Å². The van der Waals surface area contributed by atoms with Crippen molar-refractivity contribution in [3.8, 4) is 5.69 Å². The van der Waals surface area contributed by atoms with Gasteiger partial charge in [0.05, 0.1) is 18.7 Å². The number of hydrogen-bond donors (Lipinski definition) is 0. The average Bonchev–Trinajstić information content (AvgIpc) is 3.27. The minimum Gasteiger partial charge on any atom is -0.465 e. The van der Waals surface area contributed by atoms with Gasteiger partial charge >= 0.3 is 5.97 Å². The number of hydrogen-bond acceptors (Lipinski definition) is 6. The summed E-state index contributed by atoms with van der Waals surface area (Å²) in [6.45, 7) is 4.43. The summed E-state index contributed by atoms with van der Waals surface area (Å²) in [4.78, 5) is 14.3. The molecule has 2 heterocycles. The maximum absolute atomic E-state index is 11.8. The van der Waals surface area contributed by atoms with Crippen molar-refractivity contribution in [3.05, 3.63) is 71.5 Å². The zero-order valence-corrected chi connectivity index (χ0v) is 18.8. The van der Waals surface area contributed by atoms with E-state index in [0.29, 0.717) is 11.3 Å². The van der Waals surface area contributed by atoms with E-state index >= 15 is 0 Å². The number of nitrogens with zero attached hydrogens (tertiary/aromatic N) is 4. The van der Waals surface area contributed by atoms with Gasteiger partial charge in [-0.25, -0.2) is 4.79 Å². The number of likely N-dealkylation sites (tertiary alicyclic amines) is 1. The van der Waals surface area contributed by atoms with Crippen LogP contribution in [0, 0.1) is 0 Å². The zero-order valence-electron chi connectivity index (χ0n) is 18.0. The number of rotatable bonds is 7. The molecule has 0 bridgehead atoms. The summed E-state index contributed by atoms with van der Waals surface area (Å²) >= 11 is 1.63. The molecule has 1 fully saturated rings. The number of esters is 1. The molecule has 1 atom stereocenters. The number of carbonyl (C=O) groups excluding carboxylic acids is 1. The fraction of sp³-hybridized carbons (Fsp3) is 0.375. The second kappa shape index (κ2) is 10.1. The van der Waals surface area contributed by atoms with Gasteiger partial charge in [0.2, 0.25) is 0 Å². The zero-order chi connectivity index (χ0) is 21.6.